The van der Waals surface area contributed by atoms with Crippen LogP contribution in [0.2, 0.25) is 0 Å². The molecule has 6 heteroatoms. The van der Waals surface area contributed by atoms with Crippen molar-refractivity contribution in [1.82, 2.24) is 5.32 Å². The van der Waals surface area contributed by atoms with Crippen molar-refractivity contribution in [3.05, 3.63) is 34.1 Å². The van der Waals surface area contributed by atoms with E-state index in [0.717, 1.165) is 0 Å². The summed E-state index contributed by atoms with van der Waals surface area (Å²) in [4.78, 5) is 22.9. The zero-order valence-electron chi connectivity index (χ0n) is 10.7. The number of rotatable bonds is 5. The normalized spacial score (nSPS) is 13.7. The third-order valence-electron chi connectivity index (χ3n) is 2.94. The third kappa shape index (κ3) is 4.02. The van der Waals surface area contributed by atoms with Crippen molar-refractivity contribution >= 4 is 27.8 Å². The SMILES string of the molecule is CCC(C)(NC(=O)Cc1ccc(F)c(Br)c1)C(=O)O. The summed E-state index contributed by atoms with van der Waals surface area (Å²) in [5.41, 5.74) is -0.677. The number of aliphatic carboxylic acids is 1. The van der Waals surface area contributed by atoms with Crippen LogP contribution in [0.3, 0.4) is 0 Å². The first-order valence-electron chi connectivity index (χ1n) is 5.77. The number of halogens is 2. The van der Waals surface area contributed by atoms with Crippen molar-refractivity contribution < 1.29 is 19.1 Å². The summed E-state index contributed by atoms with van der Waals surface area (Å²) >= 11 is 3.03. The van der Waals surface area contributed by atoms with Gasteiger partial charge in [-0.1, -0.05) is 13.0 Å². The van der Waals surface area contributed by atoms with Gasteiger partial charge >= 0.3 is 5.97 Å². The largest absolute Gasteiger partial charge is 0.480 e. The van der Waals surface area contributed by atoms with E-state index < -0.39 is 23.2 Å². The molecule has 104 valence electrons. The quantitative estimate of drug-likeness (QED) is 0.871. The Balaban J connectivity index is 2.75. The van der Waals surface area contributed by atoms with Crippen molar-refractivity contribution in [2.45, 2.75) is 32.2 Å². The molecule has 2 N–H and O–H groups in total. The van der Waals surface area contributed by atoms with Crippen LogP contribution in [0.1, 0.15) is 25.8 Å². The molecule has 1 amide bonds. The van der Waals surface area contributed by atoms with Gasteiger partial charge in [-0.25, -0.2) is 9.18 Å². The first-order chi connectivity index (χ1) is 8.78. The number of hydrogen-bond acceptors (Lipinski definition) is 2. The number of nitrogens with one attached hydrogen (secondary N) is 1. The van der Waals surface area contributed by atoms with Crippen LogP contribution in [0, 0.1) is 5.82 Å². The van der Waals surface area contributed by atoms with E-state index in [4.69, 9.17) is 5.11 Å². The lowest BCUT2D eigenvalue weighted by molar-refractivity contribution is -0.146. The summed E-state index contributed by atoms with van der Waals surface area (Å²) in [6, 6.07) is 4.24. The number of carboxylic acids is 1. The average molecular weight is 332 g/mol. The van der Waals surface area contributed by atoms with Gasteiger partial charge in [-0.3, -0.25) is 4.79 Å². The van der Waals surface area contributed by atoms with E-state index in [2.05, 4.69) is 21.2 Å². The predicted octanol–water partition coefficient (Wildman–Crippen LogP) is 2.50. The Bertz CT molecular complexity index is 507. The predicted molar refractivity (Wildman–Crippen MR) is 72.3 cm³/mol. The van der Waals surface area contributed by atoms with Gasteiger partial charge in [0.05, 0.1) is 10.9 Å². The van der Waals surface area contributed by atoms with E-state index >= 15 is 0 Å². The highest BCUT2D eigenvalue weighted by Crippen LogP contribution is 2.17. The number of carbonyl (C=O) groups is 2. The van der Waals surface area contributed by atoms with E-state index in [-0.39, 0.29) is 17.3 Å². The molecule has 1 aromatic carbocycles. The molecular formula is C13H15BrFNO3. The van der Waals surface area contributed by atoms with Gasteiger partial charge in [0.25, 0.3) is 0 Å². The van der Waals surface area contributed by atoms with E-state index in [1.165, 1.54) is 25.1 Å². The van der Waals surface area contributed by atoms with Crippen LogP contribution in [-0.4, -0.2) is 22.5 Å². The van der Waals surface area contributed by atoms with Gasteiger partial charge in [0.15, 0.2) is 0 Å². The Kier molecular flexibility index (Phi) is 5.05. The zero-order chi connectivity index (χ0) is 14.6. The number of amides is 1. The minimum absolute atomic E-state index is 0.00174. The lowest BCUT2D eigenvalue weighted by atomic mass is 9.98. The molecule has 0 bridgehead atoms. The molecule has 1 unspecified atom stereocenters. The topological polar surface area (TPSA) is 66.4 Å². The first kappa shape index (κ1) is 15.6. The Morgan fingerprint density at radius 1 is 1.47 bits per heavy atom. The summed E-state index contributed by atoms with van der Waals surface area (Å²) in [6.07, 6.45) is 0.281. The summed E-state index contributed by atoms with van der Waals surface area (Å²) in [7, 11) is 0. The Morgan fingerprint density at radius 3 is 2.58 bits per heavy atom. The second kappa shape index (κ2) is 6.14. The van der Waals surface area contributed by atoms with Gasteiger partial charge in [-0.05, 0) is 47.0 Å². The lowest BCUT2D eigenvalue weighted by Gasteiger charge is -2.24. The monoisotopic (exact) mass is 331 g/mol. The Hall–Kier alpha value is -1.43. The highest BCUT2D eigenvalue weighted by atomic mass is 79.9. The van der Waals surface area contributed by atoms with E-state index in [9.17, 15) is 14.0 Å². The number of benzene rings is 1. The third-order valence-corrected chi connectivity index (χ3v) is 3.55. The molecule has 0 aliphatic heterocycles. The van der Waals surface area contributed by atoms with Crippen molar-refractivity contribution in [3.63, 3.8) is 0 Å². The second-order valence-electron chi connectivity index (χ2n) is 4.46. The fourth-order valence-electron chi connectivity index (χ4n) is 1.48. The highest BCUT2D eigenvalue weighted by molar-refractivity contribution is 9.10. The van der Waals surface area contributed by atoms with Crippen LogP contribution < -0.4 is 5.32 Å². The molecule has 1 rings (SSSR count). The van der Waals surface area contributed by atoms with Crippen molar-refractivity contribution in [2.24, 2.45) is 0 Å². The van der Waals surface area contributed by atoms with Gasteiger partial charge in [0.2, 0.25) is 5.91 Å². The lowest BCUT2D eigenvalue weighted by Crippen LogP contribution is -2.52. The van der Waals surface area contributed by atoms with Gasteiger partial charge < -0.3 is 10.4 Å². The van der Waals surface area contributed by atoms with Crippen LogP contribution in [0.5, 0.6) is 0 Å². The molecule has 0 fully saturated rings. The summed E-state index contributed by atoms with van der Waals surface area (Å²) in [5, 5.41) is 11.5. The fourth-order valence-corrected chi connectivity index (χ4v) is 1.91. The van der Waals surface area contributed by atoms with Crippen LogP contribution >= 0.6 is 15.9 Å². The highest BCUT2D eigenvalue weighted by Gasteiger charge is 2.32. The second-order valence-corrected chi connectivity index (χ2v) is 5.32. The summed E-state index contributed by atoms with van der Waals surface area (Å²) < 4.78 is 13.3. The molecule has 0 aliphatic rings. The molecule has 19 heavy (non-hydrogen) atoms. The number of hydrogen-bond donors (Lipinski definition) is 2. The van der Waals surface area contributed by atoms with Gasteiger partial charge in [-0.2, -0.15) is 0 Å². The van der Waals surface area contributed by atoms with E-state index in [1.54, 1.807) is 6.92 Å². The Morgan fingerprint density at radius 2 is 2.11 bits per heavy atom. The standard InChI is InChI=1S/C13H15BrFNO3/c1-3-13(2,12(18)19)16-11(17)7-8-4-5-10(15)9(14)6-8/h4-6H,3,7H2,1-2H3,(H,16,17)(H,18,19). The van der Waals surface area contributed by atoms with Gasteiger partial charge in [-0.15, -0.1) is 0 Å². The maximum atomic E-state index is 13.0. The fraction of sp³-hybridized carbons (Fsp3) is 0.385. The van der Waals surface area contributed by atoms with Crippen molar-refractivity contribution in [1.29, 1.82) is 0 Å². The molecule has 1 atom stereocenters. The summed E-state index contributed by atoms with van der Waals surface area (Å²) in [6.45, 7) is 3.14. The maximum absolute atomic E-state index is 13.0. The molecule has 0 radical (unpaired) electrons. The molecule has 0 saturated carbocycles. The van der Waals surface area contributed by atoms with E-state index in [1.807, 2.05) is 0 Å². The summed E-state index contributed by atoms with van der Waals surface area (Å²) in [5.74, 6) is -1.90. The van der Waals surface area contributed by atoms with Crippen LogP contribution in [0.15, 0.2) is 22.7 Å². The number of carbonyl (C=O) groups excluding carboxylic acids is 1. The average Bonchev–Trinajstić information content (AvgIpc) is 2.33. The van der Waals surface area contributed by atoms with Crippen LogP contribution in [0.4, 0.5) is 4.39 Å². The molecule has 0 aliphatic carbocycles. The molecule has 0 aromatic heterocycles. The molecule has 4 nitrogen and oxygen atoms in total. The maximum Gasteiger partial charge on any atom is 0.329 e. The molecule has 1 aromatic rings. The first-order valence-corrected chi connectivity index (χ1v) is 6.56. The van der Waals surface area contributed by atoms with Crippen LogP contribution in [0.25, 0.3) is 0 Å². The van der Waals surface area contributed by atoms with Gasteiger partial charge in [0, 0.05) is 0 Å². The molecular weight excluding hydrogens is 317 g/mol. The molecule has 0 heterocycles. The molecule has 0 spiro atoms. The van der Waals surface area contributed by atoms with Crippen molar-refractivity contribution in [2.75, 3.05) is 0 Å². The smallest absolute Gasteiger partial charge is 0.329 e. The minimum atomic E-state index is -1.28. The van der Waals surface area contributed by atoms with Crippen LogP contribution in [-0.2, 0) is 16.0 Å². The van der Waals surface area contributed by atoms with Gasteiger partial charge in [0.1, 0.15) is 11.4 Å². The van der Waals surface area contributed by atoms with E-state index in [0.29, 0.717) is 5.56 Å². The Labute approximate surface area is 119 Å². The number of carboxylic acid groups (broad SMARTS) is 1. The molecule has 0 saturated heterocycles. The van der Waals surface area contributed by atoms with Crippen molar-refractivity contribution in [3.8, 4) is 0 Å². The zero-order valence-corrected chi connectivity index (χ0v) is 12.3. The minimum Gasteiger partial charge on any atom is -0.480 e.